The van der Waals surface area contributed by atoms with Crippen molar-refractivity contribution in [2.45, 2.75) is 25.9 Å². The predicted molar refractivity (Wildman–Crippen MR) is 87.7 cm³/mol. The van der Waals surface area contributed by atoms with Gasteiger partial charge in [-0.3, -0.25) is 0 Å². The standard InChI is InChI=1S/C18H19O5P.2Na/c1-12-7-3-5-9-14(12)24(23,15-10-6-4-8-13(15)2)16(18(21)22)11-17(19)20;;/h3-10,16H,11H2,1-2H3,(H,19,20)(H,21,22);;/q;2*+1/p-2. The number of carbonyl (C=O) groups is 2. The number of carboxylic acid groups (broad SMARTS) is 2. The van der Waals surface area contributed by atoms with E-state index in [1.54, 1.807) is 62.4 Å². The Hall–Kier alpha value is -0.390. The molecule has 0 aliphatic rings. The first-order valence-electron chi connectivity index (χ1n) is 7.41. The van der Waals surface area contributed by atoms with Crippen LogP contribution >= 0.6 is 7.14 Å². The number of rotatable bonds is 6. The van der Waals surface area contributed by atoms with Crippen LogP contribution in [0.5, 0.6) is 0 Å². The molecule has 26 heavy (non-hydrogen) atoms. The van der Waals surface area contributed by atoms with Crippen LogP contribution in [0.15, 0.2) is 48.5 Å². The second-order valence-electron chi connectivity index (χ2n) is 5.64. The van der Waals surface area contributed by atoms with E-state index in [0.29, 0.717) is 21.7 Å². The number of carboxylic acids is 2. The Morgan fingerprint density at radius 3 is 1.58 bits per heavy atom. The Kier molecular flexibility index (Phi) is 10.7. The molecule has 2 aromatic carbocycles. The van der Waals surface area contributed by atoms with Gasteiger partial charge >= 0.3 is 59.1 Å². The fraction of sp³-hybridized carbons (Fsp3) is 0.222. The maximum Gasteiger partial charge on any atom is 1.00 e. The zero-order valence-electron chi connectivity index (χ0n) is 15.4. The van der Waals surface area contributed by atoms with Crippen molar-refractivity contribution >= 4 is 29.7 Å². The Morgan fingerprint density at radius 1 is 0.885 bits per heavy atom. The van der Waals surface area contributed by atoms with Gasteiger partial charge in [-0.2, -0.15) is 0 Å². The van der Waals surface area contributed by atoms with Gasteiger partial charge in [0.15, 0.2) is 7.14 Å². The molecule has 126 valence electrons. The van der Waals surface area contributed by atoms with Gasteiger partial charge in [-0.25, -0.2) is 0 Å². The van der Waals surface area contributed by atoms with Crippen LogP contribution < -0.4 is 79.9 Å². The molecule has 5 nitrogen and oxygen atoms in total. The van der Waals surface area contributed by atoms with Crippen LogP contribution in [0, 0.1) is 13.8 Å². The molecule has 0 spiro atoms. The molecule has 0 heterocycles. The first kappa shape index (κ1) is 25.6. The van der Waals surface area contributed by atoms with E-state index in [4.69, 9.17) is 0 Å². The van der Waals surface area contributed by atoms with E-state index in [2.05, 4.69) is 0 Å². The van der Waals surface area contributed by atoms with E-state index in [0.717, 1.165) is 0 Å². The van der Waals surface area contributed by atoms with Gasteiger partial charge in [0.05, 0.1) is 11.6 Å². The van der Waals surface area contributed by atoms with E-state index in [-0.39, 0.29) is 59.1 Å². The third-order valence-electron chi connectivity index (χ3n) is 4.02. The van der Waals surface area contributed by atoms with Crippen molar-refractivity contribution in [3.8, 4) is 0 Å². The molecule has 1 atom stereocenters. The van der Waals surface area contributed by atoms with Crippen LogP contribution in [-0.2, 0) is 14.2 Å². The number of hydrogen-bond donors (Lipinski definition) is 0. The summed E-state index contributed by atoms with van der Waals surface area (Å²) in [6.45, 7) is 3.43. The second kappa shape index (κ2) is 10.8. The Bertz CT molecular complexity index is 788. The number of benzene rings is 2. The van der Waals surface area contributed by atoms with Crippen LogP contribution in [0.3, 0.4) is 0 Å². The number of hydrogen-bond acceptors (Lipinski definition) is 5. The summed E-state index contributed by atoms with van der Waals surface area (Å²) in [5, 5.41) is 23.4. The molecule has 0 saturated carbocycles. The van der Waals surface area contributed by atoms with Crippen LogP contribution in [-0.4, -0.2) is 17.6 Å². The minimum absolute atomic E-state index is 0. The van der Waals surface area contributed by atoms with E-state index in [9.17, 15) is 24.4 Å². The van der Waals surface area contributed by atoms with Gasteiger partial charge in [-0.1, -0.05) is 48.5 Å². The van der Waals surface area contributed by atoms with E-state index >= 15 is 0 Å². The number of aliphatic carboxylic acids is 2. The molecule has 0 amide bonds. The van der Waals surface area contributed by atoms with Gasteiger partial charge < -0.3 is 24.4 Å². The average Bonchev–Trinajstić information content (AvgIpc) is 2.52. The molecular weight excluding hydrogens is 373 g/mol. The monoisotopic (exact) mass is 390 g/mol. The van der Waals surface area contributed by atoms with Gasteiger partial charge in [0.2, 0.25) is 0 Å². The minimum Gasteiger partial charge on any atom is -0.550 e. The Morgan fingerprint density at radius 2 is 1.27 bits per heavy atom. The normalized spacial score (nSPS) is 11.6. The van der Waals surface area contributed by atoms with Crippen LogP contribution in [0.2, 0.25) is 0 Å². The Labute approximate surface area is 197 Å². The largest absolute Gasteiger partial charge is 1.00 e. The van der Waals surface area contributed by atoms with Crippen molar-refractivity contribution in [2.75, 3.05) is 0 Å². The molecule has 0 aliphatic carbocycles. The summed E-state index contributed by atoms with van der Waals surface area (Å²) in [4.78, 5) is 22.7. The summed E-state index contributed by atoms with van der Waals surface area (Å²) in [6, 6.07) is 13.4. The maximum absolute atomic E-state index is 14.0. The third kappa shape index (κ3) is 5.32. The molecule has 0 bridgehead atoms. The van der Waals surface area contributed by atoms with Gasteiger partial charge in [0.1, 0.15) is 0 Å². The zero-order valence-corrected chi connectivity index (χ0v) is 20.3. The minimum atomic E-state index is -3.80. The molecule has 0 aliphatic heterocycles. The van der Waals surface area contributed by atoms with E-state index < -0.39 is 31.2 Å². The summed E-state index contributed by atoms with van der Waals surface area (Å²) >= 11 is 0. The van der Waals surface area contributed by atoms with Crippen molar-refractivity contribution < 1.29 is 83.5 Å². The van der Waals surface area contributed by atoms with Gasteiger partial charge in [-0.05, 0) is 25.0 Å². The van der Waals surface area contributed by atoms with Crippen molar-refractivity contribution in [3.63, 3.8) is 0 Å². The van der Waals surface area contributed by atoms with E-state index in [1.165, 1.54) is 0 Å². The zero-order chi connectivity index (χ0) is 17.9. The first-order chi connectivity index (χ1) is 11.3. The molecular formula is C18H17Na2O5P. The van der Waals surface area contributed by atoms with Crippen molar-refractivity contribution in [1.82, 2.24) is 0 Å². The smallest absolute Gasteiger partial charge is 0.550 e. The molecule has 2 aromatic rings. The summed E-state index contributed by atoms with van der Waals surface area (Å²) in [5.41, 5.74) is -0.424. The SMILES string of the molecule is Cc1ccccc1P(=O)(c1ccccc1C)C(CC(=O)[O-])C(=O)[O-].[Na+].[Na+]. The molecule has 0 saturated heterocycles. The molecule has 8 heteroatoms. The topological polar surface area (TPSA) is 97.3 Å². The summed E-state index contributed by atoms with van der Waals surface area (Å²) < 4.78 is 14.0. The van der Waals surface area contributed by atoms with Crippen LogP contribution in [0.1, 0.15) is 17.5 Å². The molecule has 0 radical (unpaired) electrons. The second-order valence-corrected chi connectivity index (χ2v) is 8.54. The van der Waals surface area contributed by atoms with Crippen molar-refractivity contribution in [1.29, 1.82) is 0 Å². The van der Waals surface area contributed by atoms with Crippen molar-refractivity contribution in [3.05, 3.63) is 59.7 Å². The fourth-order valence-corrected chi connectivity index (χ4v) is 6.30. The van der Waals surface area contributed by atoms with E-state index in [1.807, 2.05) is 0 Å². The Balaban J connectivity index is 0.00000312. The van der Waals surface area contributed by atoms with Gasteiger partial charge in [0, 0.05) is 23.0 Å². The number of carbonyl (C=O) groups excluding carboxylic acids is 2. The number of aryl methyl sites for hydroxylation is 2. The first-order valence-corrected chi connectivity index (χ1v) is 9.19. The molecule has 2 rings (SSSR count). The third-order valence-corrected chi connectivity index (χ3v) is 7.72. The molecule has 0 aromatic heterocycles. The predicted octanol–water partition coefficient (Wildman–Crippen LogP) is -6.12. The summed E-state index contributed by atoms with van der Waals surface area (Å²) in [6.07, 6.45) is -0.873. The summed E-state index contributed by atoms with van der Waals surface area (Å²) in [5.74, 6) is -3.24. The fourth-order valence-electron chi connectivity index (χ4n) is 2.86. The summed E-state index contributed by atoms with van der Waals surface area (Å²) in [7, 11) is -3.80. The molecule has 0 N–H and O–H groups in total. The van der Waals surface area contributed by atoms with Gasteiger partial charge in [0.25, 0.3) is 0 Å². The average molecular weight is 390 g/mol. The maximum atomic E-state index is 14.0. The van der Waals surface area contributed by atoms with Crippen LogP contribution in [0.4, 0.5) is 0 Å². The van der Waals surface area contributed by atoms with Gasteiger partial charge in [-0.15, -0.1) is 0 Å². The molecule has 1 unspecified atom stereocenters. The van der Waals surface area contributed by atoms with Crippen molar-refractivity contribution in [2.24, 2.45) is 0 Å². The quantitative estimate of drug-likeness (QED) is 0.361. The van der Waals surface area contributed by atoms with Crippen LogP contribution in [0.25, 0.3) is 0 Å². The molecule has 0 fully saturated rings.